The van der Waals surface area contributed by atoms with Gasteiger partial charge in [0, 0.05) is 12.3 Å². The molecular weight excluding hydrogens is 199 g/mol. The summed E-state index contributed by atoms with van der Waals surface area (Å²) in [5.41, 5.74) is 5.41. The molecule has 1 rings (SSSR count). The van der Waals surface area contributed by atoms with Crippen LogP contribution in [0.3, 0.4) is 0 Å². The molecule has 0 aliphatic heterocycles. The van der Waals surface area contributed by atoms with Gasteiger partial charge in [-0.3, -0.25) is 0 Å². The third-order valence-electron chi connectivity index (χ3n) is 1.31. The summed E-state index contributed by atoms with van der Waals surface area (Å²) < 4.78 is 16.7. The number of ether oxygens (including phenoxy) is 1. The standard InChI is InChI=1S/C7H7FN2O2.ClH/c1-12-7(11)4-3-10-6(8)2-5(4)9;/h2-3H,1H3,(H2,9,10);1H. The summed E-state index contributed by atoms with van der Waals surface area (Å²) in [4.78, 5) is 14.1. The molecule has 0 aliphatic carbocycles. The van der Waals surface area contributed by atoms with Crippen molar-refractivity contribution in [1.82, 2.24) is 4.98 Å². The van der Waals surface area contributed by atoms with Crippen molar-refractivity contribution in [3.8, 4) is 0 Å². The molecule has 0 saturated carbocycles. The van der Waals surface area contributed by atoms with Gasteiger partial charge >= 0.3 is 5.97 Å². The molecule has 0 bridgehead atoms. The SMILES string of the molecule is COC(=O)c1cnc(F)cc1N.Cl. The largest absolute Gasteiger partial charge is 0.465 e. The number of methoxy groups -OCH3 is 1. The number of pyridine rings is 1. The number of carbonyl (C=O) groups is 1. The van der Waals surface area contributed by atoms with E-state index < -0.39 is 11.9 Å². The molecular formula is C7H8ClFN2O2. The number of nitrogens with zero attached hydrogens (tertiary/aromatic N) is 1. The van der Waals surface area contributed by atoms with E-state index in [2.05, 4.69) is 9.72 Å². The fourth-order valence-corrected chi connectivity index (χ4v) is 0.725. The fraction of sp³-hybridized carbons (Fsp3) is 0.143. The lowest BCUT2D eigenvalue weighted by molar-refractivity contribution is 0.0601. The molecule has 0 radical (unpaired) electrons. The topological polar surface area (TPSA) is 65.2 Å². The van der Waals surface area contributed by atoms with Crippen molar-refractivity contribution in [2.45, 2.75) is 0 Å². The van der Waals surface area contributed by atoms with E-state index in [1.807, 2.05) is 0 Å². The number of carbonyl (C=O) groups excluding carboxylic acids is 1. The lowest BCUT2D eigenvalue weighted by Gasteiger charge is -2.01. The monoisotopic (exact) mass is 206 g/mol. The second-order valence-corrected chi connectivity index (χ2v) is 2.09. The minimum absolute atomic E-state index is 0. The second kappa shape index (κ2) is 4.61. The molecule has 0 spiro atoms. The second-order valence-electron chi connectivity index (χ2n) is 2.09. The molecule has 4 nitrogen and oxygen atoms in total. The van der Waals surface area contributed by atoms with Gasteiger partial charge in [-0.25, -0.2) is 9.78 Å². The third kappa shape index (κ3) is 2.55. The summed E-state index contributed by atoms with van der Waals surface area (Å²) in [5.74, 6) is -1.35. The lowest BCUT2D eigenvalue weighted by Crippen LogP contribution is -2.06. The number of hydrogen-bond acceptors (Lipinski definition) is 4. The molecule has 2 N–H and O–H groups in total. The molecule has 0 saturated heterocycles. The van der Waals surface area contributed by atoms with Gasteiger partial charge in [-0.05, 0) is 0 Å². The maximum absolute atomic E-state index is 12.4. The van der Waals surface area contributed by atoms with Crippen LogP contribution >= 0.6 is 12.4 Å². The van der Waals surface area contributed by atoms with Crippen molar-refractivity contribution in [3.05, 3.63) is 23.8 Å². The van der Waals surface area contributed by atoms with Crippen LogP contribution in [0.1, 0.15) is 10.4 Å². The highest BCUT2D eigenvalue weighted by Gasteiger charge is 2.10. The number of nitrogens with two attached hydrogens (primary N) is 1. The Labute approximate surface area is 80.3 Å². The first-order valence-electron chi connectivity index (χ1n) is 3.14. The molecule has 1 aromatic heterocycles. The maximum atomic E-state index is 12.4. The maximum Gasteiger partial charge on any atom is 0.341 e. The number of rotatable bonds is 1. The van der Waals surface area contributed by atoms with Crippen LogP contribution in [0.25, 0.3) is 0 Å². The van der Waals surface area contributed by atoms with E-state index in [-0.39, 0.29) is 23.7 Å². The minimum atomic E-state index is -0.722. The van der Waals surface area contributed by atoms with Crippen LogP contribution in [0.5, 0.6) is 0 Å². The summed E-state index contributed by atoms with van der Waals surface area (Å²) in [5, 5.41) is 0. The lowest BCUT2D eigenvalue weighted by atomic mass is 10.2. The van der Waals surface area contributed by atoms with E-state index in [1.165, 1.54) is 7.11 Å². The van der Waals surface area contributed by atoms with Crippen molar-refractivity contribution in [3.63, 3.8) is 0 Å². The number of halogens is 2. The summed E-state index contributed by atoms with van der Waals surface area (Å²) in [6, 6.07) is 0.965. The van der Waals surface area contributed by atoms with Gasteiger partial charge in [-0.1, -0.05) is 0 Å². The fourth-order valence-electron chi connectivity index (χ4n) is 0.725. The van der Waals surface area contributed by atoms with Crippen LogP contribution in [0, 0.1) is 5.95 Å². The van der Waals surface area contributed by atoms with Crippen molar-refractivity contribution in [2.24, 2.45) is 0 Å². The average Bonchev–Trinajstić information content (AvgIpc) is 2.03. The van der Waals surface area contributed by atoms with Gasteiger partial charge in [0.25, 0.3) is 0 Å². The van der Waals surface area contributed by atoms with Crippen LogP contribution in [-0.4, -0.2) is 18.1 Å². The quantitative estimate of drug-likeness (QED) is 0.550. The first-order valence-corrected chi connectivity index (χ1v) is 3.14. The van der Waals surface area contributed by atoms with E-state index in [0.29, 0.717) is 0 Å². The zero-order valence-electron chi connectivity index (χ0n) is 6.78. The molecule has 0 fully saturated rings. The number of aromatic nitrogens is 1. The Morgan fingerprint density at radius 2 is 2.31 bits per heavy atom. The van der Waals surface area contributed by atoms with Crippen LogP contribution in [0.2, 0.25) is 0 Å². The summed E-state index contributed by atoms with van der Waals surface area (Å²) in [7, 11) is 1.21. The normalized spacial score (nSPS) is 8.77. The third-order valence-corrected chi connectivity index (χ3v) is 1.31. The summed E-state index contributed by atoms with van der Waals surface area (Å²) in [6.07, 6.45) is 1.04. The zero-order chi connectivity index (χ0) is 9.14. The molecule has 72 valence electrons. The van der Waals surface area contributed by atoms with Crippen molar-refractivity contribution in [1.29, 1.82) is 0 Å². The van der Waals surface area contributed by atoms with E-state index in [0.717, 1.165) is 12.3 Å². The Bertz CT molecular complexity index is 319. The highest BCUT2D eigenvalue weighted by Crippen LogP contribution is 2.11. The van der Waals surface area contributed by atoms with Crippen molar-refractivity contribution in [2.75, 3.05) is 12.8 Å². The minimum Gasteiger partial charge on any atom is -0.465 e. The van der Waals surface area contributed by atoms with Crippen LogP contribution in [0.15, 0.2) is 12.3 Å². The number of esters is 1. The molecule has 0 aliphatic rings. The van der Waals surface area contributed by atoms with Crippen LogP contribution in [0.4, 0.5) is 10.1 Å². The van der Waals surface area contributed by atoms with E-state index in [1.54, 1.807) is 0 Å². The Balaban J connectivity index is 0.00000144. The van der Waals surface area contributed by atoms with Gasteiger partial charge in [0.15, 0.2) is 0 Å². The average molecular weight is 207 g/mol. The van der Waals surface area contributed by atoms with E-state index in [9.17, 15) is 9.18 Å². The van der Waals surface area contributed by atoms with Gasteiger partial charge in [0.2, 0.25) is 5.95 Å². The summed E-state index contributed by atoms with van der Waals surface area (Å²) in [6.45, 7) is 0. The molecule has 0 atom stereocenters. The first-order chi connectivity index (χ1) is 5.65. The molecule has 0 aromatic carbocycles. The molecule has 1 aromatic rings. The van der Waals surface area contributed by atoms with Crippen LogP contribution < -0.4 is 5.73 Å². The van der Waals surface area contributed by atoms with Crippen molar-refractivity contribution < 1.29 is 13.9 Å². The molecule has 13 heavy (non-hydrogen) atoms. The molecule has 0 unspecified atom stereocenters. The molecule has 6 heteroatoms. The number of anilines is 1. The van der Waals surface area contributed by atoms with Gasteiger partial charge in [0.1, 0.15) is 5.56 Å². The van der Waals surface area contributed by atoms with Crippen molar-refractivity contribution >= 4 is 24.1 Å². The van der Waals surface area contributed by atoms with Gasteiger partial charge < -0.3 is 10.5 Å². The predicted octanol–water partition coefficient (Wildman–Crippen LogP) is 1.01. The summed E-state index contributed by atoms with van der Waals surface area (Å²) >= 11 is 0. The molecule has 1 heterocycles. The zero-order valence-corrected chi connectivity index (χ0v) is 7.60. The number of nitrogen functional groups attached to an aromatic ring is 1. The van der Waals surface area contributed by atoms with E-state index >= 15 is 0 Å². The Morgan fingerprint density at radius 1 is 1.69 bits per heavy atom. The molecule has 0 amide bonds. The Hall–Kier alpha value is -1.36. The predicted molar refractivity (Wildman–Crippen MR) is 47.2 cm³/mol. The highest BCUT2D eigenvalue weighted by atomic mass is 35.5. The smallest absolute Gasteiger partial charge is 0.341 e. The Kier molecular flexibility index (Phi) is 4.13. The number of hydrogen-bond donors (Lipinski definition) is 1. The van der Waals surface area contributed by atoms with Crippen LogP contribution in [-0.2, 0) is 4.74 Å². The van der Waals surface area contributed by atoms with Gasteiger partial charge in [-0.15, -0.1) is 12.4 Å². The Morgan fingerprint density at radius 3 is 2.77 bits per heavy atom. The highest BCUT2D eigenvalue weighted by molar-refractivity contribution is 5.94. The van der Waals surface area contributed by atoms with E-state index in [4.69, 9.17) is 5.73 Å². The van der Waals surface area contributed by atoms with Gasteiger partial charge in [-0.2, -0.15) is 4.39 Å². The van der Waals surface area contributed by atoms with Gasteiger partial charge in [0.05, 0.1) is 12.8 Å². The first kappa shape index (κ1) is 11.6.